The molecule has 29 heavy (non-hydrogen) atoms. The number of nitrogens with one attached hydrogen (secondary N) is 2. The van der Waals surface area contributed by atoms with Gasteiger partial charge in [0.25, 0.3) is 0 Å². The molecule has 0 bridgehead atoms. The Bertz CT molecular complexity index is 856. The van der Waals surface area contributed by atoms with Crippen LogP contribution in [-0.2, 0) is 16.3 Å². The number of rotatable bonds is 9. The number of hydrogen-bond donors (Lipinski definition) is 3. The summed E-state index contributed by atoms with van der Waals surface area (Å²) in [5.74, 6) is 0.704. The second-order valence-electron chi connectivity index (χ2n) is 6.57. The van der Waals surface area contributed by atoms with Crippen molar-refractivity contribution >= 4 is 39.8 Å². The first-order chi connectivity index (χ1) is 13.4. The third-order valence-electron chi connectivity index (χ3n) is 4.26. The van der Waals surface area contributed by atoms with Gasteiger partial charge in [-0.05, 0) is 43.0 Å². The largest absolute Gasteiger partial charge is 0.388 e. The Morgan fingerprint density at radius 2 is 1.72 bits per heavy atom. The molecule has 1 atom stereocenters. The third kappa shape index (κ3) is 9.14. The Morgan fingerprint density at radius 1 is 1.07 bits per heavy atom. The van der Waals surface area contributed by atoms with Crippen molar-refractivity contribution in [1.29, 1.82) is 0 Å². The zero-order valence-electron chi connectivity index (χ0n) is 16.8. The fourth-order valence-corrected chi connectivity index (χ4v) is 3.34. The summed E-state index contributed by atoms with van der Waals surface area (Å²) in [5.41, 5.74) is 1.95. The molecule has 0 spiro atoms. The zero-order valence-corrected chi connectivity index (χ0v) is 20.0. The van der Waals surface area contributed by atoms with Crippen LogP contribution in [0.3, 0.4) is 0 Å². The highest BCUT2D eigenvalue weighted by molar-refractivity contribution is 14.0. The molecule has 6 nitrogen and oxygen atoms in total. The van der Waals surface area contributed by atoms with Crippen LogP contribution in [-0.4, -0.2) is 45.4 Å². The smallest absolute Gasteiger partial charge is 0.191 e. The van der Waals surface area contributed by atoms with Crippen LogP contribution in [0.5, 0.6) is 0 Å². The van der Waals surface area contributed by atoms with Gasteiger partial charge in [0.2, 0.25) is 0 Å². The number of hydrogen-bond acceptors (Lipinski definition) is 4. The van der Waals surface area contributed by atoms with Gasteiger partial charge in [0.1, 0.15) is 0 Å². The Hall–Kier alpha value is -1.65. The van der Waals surface area contributed by atoms with Gasteiger partial charge in [-0.1, -0.05) is 42.5 Å². The van der Waals surface area contributed by atoms with E-state index in [1.54, 1.807) is 12.1 Å². The van der Waals surface area contributed by atoms with Crippen molar-refractivity contribution in [3.05, 3.63) is 65.7 Å². The van der Waals surface area contributed by atoms with Crippen molar-refractivity contribution < 1.29 is 13.5 Å². The Labute approximate surface area is 190 Å². The van der Waals surface area contributed by atoms with Crippen molar-refractivity contribution in [1.82, 2.24) is 10.6 Å². The average molecular weight is 531 g/mol. The van der Waals surface area contributed by atoms with Crippen LogP contribution in [0.15, 0.2) is 64.5 Å². The summed E-state index contributed by atoms with van der Waals surface area (Å²) in [6.07, 6.45) is 1.98. The number of guanidine groups is 1. The Balaban J connectivity index is 0.00000420. The molecule has 2 aromatic rings. The maximum absolute atomic E-state index is 11.5. The lowest BCUT2D eigenvalue weighted by atomic mass is 10.1. The number of aliphatic imine (C=N–C) groups is 1. The minimum absolute atomic E-state index is 0. The van der Waals surface area contributed by atoms with Gasteiger partial charge < -0.3 is 15.7 Å². The Kier molecular flexibility index (Phi) is 11.2. The highest BCUT2D eigenvalue weighted by Gasteiger charge is 2.07. The van der Waals surface area contributed by atoms with Crippen LogP contribution < -0.4 is 10.6 Å². The maximum Gasteiger partial charge on any atom is 0.191 e. The first-order valence-electron chi connectivity index (χ1n) is 9.44. The number of halogens is 1. The quantitative estimate of drug-likeness (QED) is 0.263. The minimum atomic E-state index is -3.16. The van der Waals surface area contributed by atoms with Crippen LogP contribution >= 0.6 is 24.0 Å². The topological polar surface area (TPSA) is 90.8 Å². The third-order valence-corrected chi connectivity index (χ3v) is 5.39. The molecule has 0 amide bonds. The molecular formula is C21H30IN3O3S. The lowest BCUT2D eigenvalue weighted by molar-refractivity contribution is 0.170. The molecular weight excluding hydrogens is 501 g/mol. The molecule has 3 N–H and O–H groups in total. The van der Waals surface area contributed by atoms with Gasteiger partial charge in [0, 0.05) is 25.9 Å². The molecule has 0 fully saturated rings. The van der Waals surface area contributed by atoms with Crippen LogP contribution in [0.1, 0.15) is 30.6 Å². The summed E-state index contributed by atoms with van der Waals surface area (Å²) in [6.45, 7) is 3.93. The molecule has 1 unspecified atom stereocenters. The Morgan fingerprint density at radius 3 is 2.31 bits per heavy atom. The number of sulfone groups is 1. The maximum atomic E-state index is 11.5. The van der Waals surface area contributed by atoms with E-state index in [4.69, 9.17) is 0 Å². The molecule has 8 heteroatoms. The zero-order chi connectivity index (χ0) is 20.4. The number of benzene rings is 2. The highest BCUT2D eigenvalue weighted by atomic mass is 127. The van der Waals surface area contributed by atoms with E-state index in [0.717, 1.165) is 24.1 Å². The second-order valence-corrected chi connectivity index (χ2v) is 8.58. The first kappa shape index (κ1) is 25.4. The fourth-order valence-electron chi connectivity index (χ4n) is 2.71. The minimum Gasteiger partial charge on any atom is -0.388 e. The molecule has 0 radical (unpaired) electrons. The molecule has 0 aliphatic heterocycles. The predicted molar refractivity (Wildman–Crippen MR) is 129 cm³/mol. The van der Waals surface area contributed by atoms with Gasteiger partial charge in [-0.2, -0.15) is 0 Å². The van der Waals surface area contributed by atoms with E-state index in [1.165, 1.54) is 6.26 Å². The van der Waals surface area contributed by atoms with Gasteiger partial charge in [0.15, 0.2) is 15.8 Å². The van der Waals surface area contributed by atoms with Crippen LogP contribution in [0.2, 0.25) is 0 Å². The van der Waals surface area contributed by atoms with Crippen molar-refractivity contribution in [2.24, 2.45) is 4.99 Å². The average Bonchev–Trinajstić information content (AvgIpc) is 2.68. The molecule has 0 heterocycles. The van der Waals surface area contributed by atoms with Gasteiger partial charge in [-0.25, -0.2) is 8.42 Å². The van der Waals surface area contributed by atoms with Crippen LogP contribution in [0.4, 0.5) is 0 Å². The van der Waals surface area contributed by atoms with Gasteiger partial charge in [-0.15, -0.1) is 24.0 Å². The highest BCUT2D eigenvalue weighted by Crippen LogP contribution is 2.15. The van der Waals surface area contributed by atoms with E-state index >= 15 is 0 Å². The van der Waals surface area contributed by atoms with Gasteiger partial charge in [0.05, 0.1) is 11.0 Å². The molecule has 0 saturated carbocycles. The molecule has 0 aliphatic rings. The number of aliphatic hydroxyl groups excluding tert-OH is 1. The van der Waals surface area contributed by atoms with Crippen molar-refractivity contribution in [2.75, 3.05) is 25.9 Å². The SMILES string of the molecule is CCNC(=NCCC(O)c1ccccc1)NCCc1ccc(S(C)(=O)=O)cc1.I. The molecule has 2 rings (SSSR count). The van der Waals surface area contributed by atoms with E-state index in [9.17, 15) is 13.5 Å². The molecule has 0 aliphatic carbocycles. The van der Waals surface area contributed by atoms with Crippen molar-refractivity contribution in [3.63, 3.8) is 0 Å². The molecule has 160 valence electrons. The van der Waals surface area contributed by atoms with E-state index in [2.05, 4.69) is 15.6 Å². The monoisotopic (exact) mass is 531 g/mol. The van der Waals surface area contributed by atoms with Crippen molar-refractivity contribution in [2.45, 2.75) is 30.8 Å². The normalized spacial score (nSPS) is 12.7. The first-order valence-corrected chi connectivity index (χ1v) is 11.3. The van der Waals surface area contributed by atoms with E-state index in [1.807, 2.05) is 49.4 Å². The van der Waals surface area contributed by atoms with Crippen molar-refractivity contribution in [3.8, 4) is 0 Å². The van der Waals surface area contributed by atoms with Gasteiger partial charge >= 0.3 is 0 Å². The number of aliphatic hydroxyl groups is 1. The molecule has 2 aromatic carbocycles. The summed E-state index contributed by atoms with van der Waals surface area (Å²) < 4.78 is 23.0. The van der Waals surface area contributed by atoms with Gasteiger partial charge in [-0.3, -0.25) is 4.99 Å². The van der Waals surface area contributed by atoms with Crippen LogP contribution in [0, 0.1) is 0 Å². The fraction of sp³-hybridized carbons (Fsp3) is 0.381. The standard InChI is InChI=1S/C21H29N3O3S.HI/c1-3-22-21(24-16-14-20(25)18-7-5-4-6-8-18)23-15-13-17-9-11-19(12-10-17)28(2,26)27;/h4-12,20,25H,3,13-16H2,1-2H3,(H2,22,23,24);1H. The number of nitrogens with zero attached hydrogens (tertiary/aromatic N) is 1. The summed E-state index contributed by atoms with van der Waals surface area (Å²) in [5, 5.41) is 16.7. The van der Waals surface area contributed by atoms with Crippen LogP contribution in [0.25, 0.3) is 0 Å². The lowest BCUT2D eigenvalue weighted by Gasteiger charge is -2.13. The van der Waals surface area contributed by atoms with E-state index in [-0.39, 0.29) is 24.0 Å². The summed E-state index contributed by atoms with van der Waals surface area (Å²) >= 11 is 0. The van der Waals surface area contributed by atoms with E-state index < -0.39 is 15.9 Å². The summed E-state index contributed by atoms with van der Waals surface area (Å²) in [4.78, 5) is 4.84. The van der Waals surface area contributed by atoms with E-state index in [0.29, 0.717) is 30.4 Å². The summed E-state index contributed by atoms with van der Waals surface area (Å²) in [7, 11) is -3.16. The second kappa shape index (κ2) is 12.8. The molecule has 0 saturated heterocycles. The lowest BCUT2D eigenvalue weighted by Crippen LogP contribution is -2.38. The predicted octanol–water partition coefficient (Wildman–Crippen LogP) is 2.93. The summed E-state index contributed by atoms with van der Waals surface area (Å²) in [6, 6.07) is 16.5. The molecule has 0 aromatic heterocycles.